The Bertz CT molecular complexity index is 418. The molecule has 1 aromatic rings. The lowest BCUT2D eigenvalue weighted by Gasteiger charge is -2.09. The third-order valence-corrected chi connectivity index (χ3v) is 2.13. The maximum absolute atomic E-state index is 11.4. The van der Waals surface area contributed by atoms with E-state index in [0.29, 0.717) is 11.5 Å². The van der Waals surface area contributed by atoms with Gasteiger partial charge in [-0.25, -0.2) is 4.79 Å². The van der Waals surface area contributed by atoms with Crippen molar-refractivity contribution in [1.29, 1.82) is 0 Å². The van der Waals surface area contributed by atoms with Crippen LogP contribution in [0.4, 0.5) is 4.79 Å². The number of para-hydroxylation sites is 1. The zero-order valence-electron chi connectivity index (χ0n) is 8.76. The minimum Gasteiger partial charge on any atom is -0.399 e. The van der Waals surface area contributed by atoms with Crippen molar-refractivity contribution in [2.45, 2.75) is 12.8 Å². The van der Waals surface area contributed by atoms with Crippen molar-refractivity contribution in [2.24, 2.45) is 0 Å². The molecule has 0 saturated carbocycles. The number of carbonyl (C=O) groups excluding carboxylic acids is 1. The minimum absolute atomic E-state index is 0.486. The molecule has 0 aliphatic heterocycles. The van der Waals surface area contributed by atoms with E-state index in [2.05, 4.69) is 0 Å². The summed E-state index contributed by atoms with van der Waals surface area (Å²) < 4.78 is 10.0. The van der Waals surface area contributed by atoms with Crippen LogP contribution in [-0.2, 0) is 4.74 Å². The zero-order valence-corrected chi connectivity index (χ0v) is 8.76. The van der Waals surface area contributed by atoms with Gasteiger partial charge in [0, 0.05) is 6.42 Å². The molecular formula is C13H12O3. The average molecular weight is 216 g/mol. The Balaban J connectivity index is 1.89. The van der Waals surface area contributed by atoms with Gasteiger partial charge >= 0.3 is 6.16 Å². The van der Waals surface area contributed by atoms with E-state index in [-0.39, 0.29) is 0 Å². The van der Waals surface area contributed by atoms with Crippen LogP contribution >= 0.6 is 0 Å². The van der Waals surface area contributed by atoms with Gasteiger partial charge < -0.3 is 9.47 Å². The number of hydrogen-bond donors (Lipinski definition) is 0. The van der Waals surface area contributed by atoms with Gasteiger partial charge in [0.15, 0.2) is 0 Å². The number of hydrogen-bond acceptors (Lipinski definition) is 3. The van der Waals surface area contributed by atoms with Gasteiger partial charge in [0.25, 0.3) is 0 Å². The third-order valence-electron chi connectivity index (χ3n) is 2.13. The van der Waals surface area contributed by atoms with Gasteiger partial charge in [0.05, 0.1) is 0 Å². The van der Waals surface area contributed by atoms with E-state index in [1.165, 1.54) is 0 Å². The van der Waals surface area contributed by atoms with E-state index in [4.69, 9.17) is 9.47 Å². The number of allylic oxidation sites excluding steroid dienone is 4. The monoisotopic (exact) mass is 216 g/mol. The summed E-state index contributed by atoms with van der Waals surface area (Å²) in [6, 6.07) is 8.86. The van der Waals surface area contributed by atoms with Crippen LogP contribution in [0.3, 0.4) is 0 Å². The third kappa shape index (κ3) is 2.98. The molecule has 3 nitrogen and oxygen atoms in total. The van der Waals surface area contributed by atoms with Crippen LogP contribution in [0.2, 0.25) is 0 Å². The van der Waals surface area contributed by atoms with Crippen LogP contribution in [0.25, 0.3) is 0 Å². The molecular weight excluding hydrogens is 204 g/mol. The van der Waals surface area contributed by atoms with Gasteiger partial charge in [0.1, 0.15) is 11.5 Å². The lowest BCUT2D eigenvalue weighted by Crippen LogP contribution is -2.10. The summed E-state index contributed by atoms with van der Waals surface area (Å²) in [6.45, 7) is 0. The van der Waals surface area contributed by atoms with Crippen molar-refractivity contribution >= 4 is 6.16 Å². The zero-order chi connectivity index (χ0) is 11.2. The highest BCUT2D eigenvalue weighted by Gasteiger charge is 2.10. The summed E-state index contributed by atoms with van der Waals surface area (Å²) in [4.78, 5) is 11.4. The normalized spacial score (nSPS) is 14.1. The number of ether oxygens (including phenoxy) is 2. The molecule has 0 saturated heterocycles. The Labute approximate surface area is 94.0 Å². The molecule has 0 bridgehead atoms. The van der Waals surface area contributed by atoms with E-state index in [1.54, 1.807) is 30.3 Å². The predicted molar refractivity (Wildman–Crippen MR) is 60.0 cm³/mol. The fourth-order valence-electron chi connectivity index (χ4n) is 1.38. The Morgan fingerprint density at radius 3 is 2.62 bits per heavy atom. The first-order chi connectivity index (χ1) is 7.84. The molecule has 2 rings (SSSR count). The van der Waals surface area contributed by atoms with E-state index in [0.717, 1.165) is 12.8 Å². The highest BCUT2D eigenvalue weighted by Crippen LogP contribution is 2.15. The number of carbonyl (C=O) groups is 1. The maximum Gasteiger partial charge on any atom is 0.519 e. The molecule has 1 aromatic carbocycles. The molecule has 1 aliphatic carbocycles. The Morgan fingerprint density at radius 2 is 1.94 bits per heavy atom. The Morgan fingerprint density at radius 1 is 1.12 bits per heavy atom. The summed E-state index contributed by atoms with van der Waals surface area (Å²) in [5.41, 5.74) is 0. The fraction of sp³-hybridized carbons (Fsp3) is 0.154. The molecule has 0 atom stereocenters. The fourth-order valence-corrected chi connectivity index (χ4v) is 1.38. The quantitative estimate of drug-likeness (QED) is 0.561. The van der Waals surface area contributed by atoms with Crippen molar-refractivity contribution in [3.63, 3.8) is 0 Å². The molecule has 0 amide bonds. The first kappa shape index (κ1) is 10.5. The lowest BCUT2D eigenvalue weighted by molar-refractivity contribution is 0.123. The molecule has 3 heteroatoms. The highest BCUT2D eigenvalue weighted by atomic mass is 16.7. The molecule has 0 aromatic heterocycles. The molecule has 0 fully saturated rings. The molecule has 0 spiro atoms. The average Bonchev–Trinajstić information content (AvgIpc) is 2.31. The van der Waals surface area contributed by atoms with Crippen molar-refractivity contribution in [1.82, 2.24) is 0 Å². The second-order valence-corrected chi connectivity index (χ2v) is 3.37. The van der Waals surface area contributed by atoms with Crippen LogP contribution in [0.5, 0.6) is 5.75 Å². The summed E-state index contributed by atoms with van der Waals surface area (Å²) in [5, 5.41) is 0. The number of benzene rings is 1. The van der Waals surface area contributed by atoms with Crippen LogP contribution in [0.1, 0.15) is 12.8 Å². The molecule has 1 aliphatic rings. The first-order valence-corrected chi connectivity index (χ1v) is 5.15. The van der Waals surface area contributed by atoms with Gasteiger partial charge in [-0.15, -0.1) is 0 Å². The van der Waals surface area contributed by atoms with Crippen LogP contribution < -0.4 is 4.74 Å². The van der Waals surface area contributed by atoms with Crippen molar-refractivity contribution in [2.75, 3.05) is 0 Å². The highest BCUT2D eigenvalue weighted by molar-refractivity contribution is 5.65. The van der Waals surface area contributed by atoms with Crippen LogP contribution in [0, 0.1) is 0 Å². The van der Waals surface area contributed by atoms with Crippen LogP contribution in [-0.4, -0.2) is 6.16 Å². The van der Waals surface area contributed by atoms with E-state index in [9.17, 15) is 4.79 Å². The molecule has 0 heterocycles. The lowest BCUT2D eigenvalue weighted by atomic mass is 10.2. The number of rotatable bonds is 2. The summed E-state index contributed by atoms with van der Waals surface area (Å²) in [5.74, 6) is 1.13. The predicted octanol–water partition coefficient (Wildman–Crippen LogP) is 3.44. The SMILES string of the molecule is O=C(OC1=CC=CCC1)Oc1ccccc1. The van der Waals surface area contributed by atoms with Crippen molar-refractivity contribution < 1.29 is 14.3 Å². The largest absolute Gasteiger partial charge is 0.519 e. The smallest absolute Gasteiger partial charge is 0.399 e. The molecule has 0 unspecified atom stereocenters. The summed E-state index contributed by atoms with van der Waals surface area (Å²) in [6.07, 6.45) is 6.61. The Kier molecular flexibility index (Phi) is 3.38. The van der Waals surface area contributed by atoms with Gasteiger partial charge in [-0.3, -0.25) is 0 Å². The summed E-state index contributed by atoms with van der Waals surface area (Å²) >= 11 is 0. The van der Waals surface area contributed by atoms with E-state index in [1.807, 2.05) is 18.2 Å². The van der Waals surface area contributed by atoms with Gasteiger partial charge in [0.2, 0.25) is 0 Å². The standard InChI is InChI=1S/C13H12O3/c14-13(15-11-7-3-1-4-8-11)16-12-9-5-2-6-10-12/h1-5,7-9H,6,10H2. The van der Waals surface area contributed by atoms with Gasteiger partial charge in [-0.2, -0.15) is 0 Å². The maximum atomic E-state index is 11.4. The van der Waals surface area contributed by atoms with Crippen molar-refractivity contribution in [3.8, 4) is 5.75 Å². The molecule has 16 heavy (non-hydrogen) atoms. The topological polar surface area (TPSA) is 35.5 Å². The first-order valence-electron chi connectivity index (χ1n) is 5.15. The molecule has 82 valence electrons. The van der Waals surface area contributed by atoms with Gasteiger partial charge in [-0.05, 0) is 24.6 Å². The molecule has 0 N–H and O–H groups in total. The van der Waals surface area contributed by atoms with E-state index < -0.39 is 6.16 Å². The van der Waals surface area contributed by atoms with Crippen molar-refractivity contribution in [3.05, 3.63) is 54.3 Å². The second-order valence-electron chi connectivity index (χ2n) is 3.37. The Hall–Kier alpha value is -2.03. The second kappa shape index (κ2) is 5.16. The molecule has 0 radical (unpaired) electrons. The summed E-state index contributed by atoms with van der Waals surface area (Å²) in [7, 11) is 0. The van der Waals surface area contributed by atoms with Crippen LogP contribution in [0.15, 0.2) is 54.3 Å². The van der Waals surface area contributed by atoms with E-state index >= 15 is 0 Å². The van der Waals surface area contributed by atoms with Gasteiger partial charge in [-0.1, -0.05) is 30.4 Å². The minimum atomic E-state index is -0.687.